The Morgan fingerprint density at radius 2 is 1.72 bits per heavy atom. The zero-order chi connectivity index (χ0) is 13.2. The van der Waals surface area contributed by atoms with Crippen molar-refractivity contribution in [3.8, 4) is 0 Å². The zero-order valence-corrected chi connectivity index (χ0v) is 10.2. The molecule has 0 aliphatic heterocycles. The summed E-state index contributed by atoms with van der Waals surface area (Å²) in [5.41, 5.74) is -1.22. The van der Waals surface area contributed by atoms with E-state index < -0.39 is 17.3 Å². The number of carboxylic acid groups (broad SMARTS) is 1. The van der Waals surface area contributed by atoms with Gasteiger partial charge in [0.05, 0.1) is 0 Å². The predicted molar refractivity (Wildman–Crippen MR) is 62.7 cm³/mol. The number of carbonyl (C=O) groups is 3. The highest BCUT2D eigenvalue weighted by Gasteiger charge is 2.50. The summed E-state index contributed by atoms with van der Waals surface area (Å²) in [5, 5.41) is 14.4. The van der Waals surface area contributed by atoms with E-state index >= 15 is 0 Å². The van der Waals surface area contributed by atoms with Crippen molar-refractivity contribution in [1.82, 2.24) is 10.6 Å². The van der Waals surface area contributed by atoms with Crippen molar-refractivity contribution in [2.24, 2.45) is 11.3 Å². The Morgan fingerprint density at radius 3 is 2.17 bits per heavy atom. The van der Waals surface area contributed by atoms with E-state index in [9.17, 15) is 14.4 Å². The highest BCUT2D eigenvalue weighted by Crippen LogP contribution is 2.41. The van der Waals surface area contributed by atoms with Gasteiger partial charge < -0.3 is 15.7 Å². The molecule has 0 radical (unpaired) electrons. The van der Waals surface area contributed by atoms with Crippen LogP contribution >= 0.6 is 0 Å². The van der Waals surface area contributed by atoms with Gasteiger partial charge in [-0.15, -0.1) is 0 Å². The summed E-state index contributed by atoms with van der Waals surface area (Å²) >= 11 is 0. The molecule has 2 rings (SSSR count). The molecule has 0 bridgehead atoms. The average Bonchev–Trinajstić information content (AvgIpc) is 3.05. The lowest BCUT2D eigenvalue weighted by atomic mass is 9.68. The molecule has 0 atom stereocenters. The lowest BCUT2D eigenvalue weighted by molar-refractivity contribution is -0.162. The van der Waals surface area contributed by atoms with Gasteiger partial charge in [-0.3, -0.25) is 14.4 Å². The topological polar surface area (TPSA) is 95.5 Å². The van der Waals surface area contributed by atoms with Crippen molar-refractivity contribution in [3.63, 3.8) is 0 Å². The molecule has 2 aliphatic rings. The van der Waals surface area contributed by atoms with E-state index in [2.05, 4.69) is 10.6 Å². The van der Waals surface area contributed by atoms with Gasteiger partial charge in [-0.05, 0) is 25.7 Å². The van der Waals surface area contributed by atoms with Crippen molar-refractivity contribution in [2.45, 2.75) is 32.1 Å². The molecule has 6 nitrogen and oxygen atoms in total. The number of nitrogens with one attached hydrogen (secondary N) is 2. The minimum absolute atomic E-state index is 0.0286. The molecule has 18 heavy (non-hydrogen) atoms. The third kappa shape index (κ3) is 2.47. The Labute approximate surface area is 105 Å². The van der Waals surface area contributed by atoms with E-state index in [0.717, 1.165) is 19.3 Å². The first-order chi connectivity index (χ1) is 8.56. The summed E-state index contributed by atoms with van der Waals surface area (Å²) in [6.07, 6.45) is 3.48. The van der Waals surface area contributed by atoms with E-state index in [1.54, 1.807) is 0 Å². The number of rotatable bonds is 6. The first-order valence-electron chi connectivity index (χ1n) is 6.36. The molecule has 0 heterocycles. The molecule has 0 aromatic carbocycles. The number of carbonyl (C=O) groups excluding carboxylic acids is 2. The van der Waals surface area contributed by atoms with Crippen LogP contribution in [-0.4, -0.2) is 36.0 Å². The zero-order valence-electron chi connectivity index (χ0n) is 10.2. The fraction of sp³-hybridized carbons (Fsp3) is 0.750. The number of amides is 2. The maximum Gasteiger partial charge on any atom is 0.319 e. The Hall–Kier alpha value is -1.59. The van der Waals surface area contributed by atoms with Gasteiger partial charge in [0.2, 0.25) is 11.8 Å². The number of carboxylic acids is 1. The SMILES string of the molecule is O=C(NCCNC(=O)C1(C(=O)O)CCC1)C1CC1. The van der Waals surface area contributed by atoms with Crippen LogP contribution < -0.4 is 10.6 Å². The van der Waals surface area contributed by atoms with Crippen LogP contribution in [0.4, 0.5) is 0 Å². The molecule has 6 heteroatoms. The van der Waals surface area contributed by atoms with Crippen molar-refractivity contribution < 1.29 is 19.5 Å². The molecule has 0 saturated heterocycles. The molecular weight excluding hydrogens is 236 g/mol. The van der Waals surface area contributed by atoms with E-state index in [-0.39, 0.29) is 18.4 Å². The molecule has 2 aliphatic carbocycles. The first-order valence-corrected chi connectivity index (χ1v) is 6.36. The quantitative estimate of drug-likeness (QED) is 0.455. The highest BCUT2D eigenvalue weighted by atomic mass is 16.4. The van der Waals surface area contributed by atoms with Crippen LogP contribution in [0.2, 0.25) is 0 Å². The van der Waals surface area contributed by atoms with Crippen molar-refractivity contribution in [3.05, 3.63) is 0 Å². The van der Waals surface area contributed by atoms with Crippen LogP contribution in [0.25, 0.3) is 0 Å². The van der Waals surface area contributed by atoms with Gasteiger partial charge in [-0.2, -0.15) is 0 Å². The minimum Gasteiger partial charge on any atom is -0.480 e. The molecule has 2 amide bonds. The van der Waals surface area contributed by atoms with Gasteiger partial charge in [0.15, 0.2) is 0 Å². The minimum atomic E-state index is -1.22. The van der Waals surface area contributed by atoms with Crippen LogP contribution in [0.5, 0.6) is 0 Å². The Balaban J connectivity index is 1.68. The van der Waals surface area contributed by atoms with E-state index in [0.29, 0.717) is 19.4 Å². The second-order valence-electron chi connectivity index (χ2n) is 5.06. The van der Waals surface area contributed by atoms with E-state index in [1.165, 1.54) is 0 Å². The van der Waals surface area contributed by atoms with Crippen molar-refractivity contribution >= 4 is 17.8 Å². The lowest BCUT2D eigenvalue weighted by Crippen LogP contribution is -2.52. The molecule has 0 spiro atoms. The van der Waals surface area contributed by atoms with Gasteiger partial charge in [0.1, 0.15) is 5.41 Å². The second-order valence-corrected chi connectivity index (χ2v) is 5.06. The Kier molecular flexibility index (Phi) is 3.54. The fourth-order valence-electron chi connectivity index (χ4n) is 2.09. The van der Waals surface area contributed by atoms with Crippen LogP contribution in [0, 0.1) is 11.3 Å². The smallest absolute Gasteiger partial charge is 0.319 e. The normalized spacial score (nSPS) is 20.7. The van der Waals surface area contributed by atoms with Crippen LogP contribution in [0.1, 0.15) is 32.1 Å². The number of hydrogen-bond acceptors (Lipinski definition) is 3. The van der Waals surface area contributed by atoms with Gasteiger partial charge in [0.25, 0.3) is 0 Å². The van der Waals surface area contributed by atoms with Crippen LogP contribution in [-0.2, 0) is 14.4 Å². The molecule has 0 unspecified atom stereocenters. The number of hydrogen-bond donors (Lipinski definition) is 3. The van der Waals surface area contributed by atoms with Gasteiger partial charge in [-0.25, -0.2) is 0 Å². The average molecular weight is 254 g/mol. The first kappa shape index (κ1) is 12.9. The fourth-order valence-corrected chi connectivity index (χ4v) is 2.09. The summed E-state index contributed by atoms with van der Waals surface area (Å²) in [7, 11) is 0. The molecular formula is C12H18N2O4. The third-order valence-corrected chi connectivity index (χ3v) is 3.71. The second kappa shape index (κ2) is 4.96. The maximum atomic E-state index is 11.8. The predicted octanol–water partition coefficient (Wildman–Crippen LogP) is -0.116. The van der Waals surface area contributed by atoms with Crippen molar-refractivity contribution in [2.75, 3.05) is 13.1 Å². The summed E-state index contributed by atoms with van der Waals surface area (Å²) in [6, 6.07) is 0. The molecule has 0 aromatic rings. The van der Waals surface area contributed by atoms with Gasteiger partial charge in [-0.1, -0.05) is 6.42 Å². The maximum absolute atomic E-state index is 11.8. The van der Waals surface area contributed by atoms with Gasteiger partial charge in [0, 0.05) is 19.0 Å². The summed E-state index contributed by atoms with van der Waals surface area (Å²) < 4.78 is 0. The van der Waals surface area contributed by atoms with Gasteiger partial charge >= 0.3 is 5.97 Å². The van der Waals surface area contributed by atoms with E-state index in [4.69, 9.17) is 5.11 Å². The van der Waals surface area contributed by atoms with E-state index in [1.807, 2.05) is 0 Å². The molecule has 2 saturated carbocycles. The van der Waals surface area contributed by atoms with Crippen molar-refractivity contribution in [1.29, 1.82) is 0 Å². The molecule has 0 aromatic heterocycles. The summed E-state index contributed by atoms with van der Waals surface area (Å²) in [6.45, 7) is 0.642. The number of aliphatic carboxylic acids is 1. The third-order valence-electron chi connectivity index (χ3n) is 3.71. The largest absolute Gasteiger partial charge is 0.480 e. The standard InChI is InChI=1S/C12H18N2O4/c15-9(8-2-3-8)13-6-7-14-10(16)12(11(17)18)4-1-5-12/h8H,1-7H2,(H,13,15)(H,14,16)(H,17,18). The Morgan fingerprint density at radius 1 is 1.11 bits per heavy atom. The monoisotopic (exact) mass is 254 g/mol. The highest BCUT2D eigenvalue weighted by molar-refractivity contribution is 6.02. The summed E-state index contributed by atoms with van der Waals surface area (Å²) in [4.78, 5) is 34.1. The Bertz CT molecular complexity index is 372. The lowest BCUT2D eigenvalue weighted by Gasteiger charge is -2.35. The van der Waals surface area contributed by atoms with Crippen LogP contribution in [0.3, 0.4) is 0 Å². The van der Waals surface area contributed by atoms with Crippen LogP contribution in [0.15, 0.2) is 0 Å². The summed E-state index contributed by atoms with van der Waals surface area (Å²) in [5.74, 6) is -1.30. The molecule has 3 N–H and O–H groups in total. The molecule has 100 valence electrons. The molecule has 2 fully saturated rings.